The summed E-state index contributed by atoms with van der Waals surface area (Å²) in [5.41, 5.74) is 10.0. The first-order valence-electron chi connectivity index (χ1n) is 15.4. The van der Waals surface area contributed by atoms with Crippen LogP contribution in [0.4, 0.5) is 0 Å². The van der Waals surface area contributed by atoms with Gasteiger partial charge in [-0.05, 0) is 0 Å². The van der Waals surface area contributed by atoms with Gasteiger partial charge < -0.3 is 0 Å². The molecule has 0 spiro atoms. The summed E-state index contributed by atoms with van der Waals surface area (Å²) in [5.74, 6) is 0. The van der Waals surface area contributed by atoms with E-state index in [-0.39, 0.29) is 14.5 Å². The Morgan fingerprint density at radius 3 is 1.69 bits per heavy atom. The number of hydrogen-bond acceptors (Lipinski definition) is 0. The third-order valence-electron chi connectivity index (χ3n) is 9.30. The van der Waals surface area contributed by atoms with Crippen LogP contribution in [-0.4, -0.2) is 23.6 Å². The summed E-state index contributed by atoms with van der Waals surface area (Å²) in [6.45, 7) is 0. The molecule has 0 aliphatic rings. The number of benzene rings is 7. The van der Waals surface area contributed by atoms with Crippen molar-refractivity contribution in [3.05, 3.63) is 158 Å². The number of fused-ring (bicyclic) bond motifs is 10. The predicted molar refractivity (Wildman–Crippen MR) is 193 cm³/mol. The van der Waals surface area contributed by atoms with Gasteiger partial charge in [0.1, 0.15) is 0 Å². The normalized spacial score (nSPS) is 12.0. The van der Waals surface area contributed by atoms with Crippen LogP contribution in [0.25, 0.3) is 85.4 Å². The summed E-state index contributed by atoms with van der Waals surface area (Å²) in [6.07, 6.45) is 0. The number of rotatable bonds is 3. The molecule has 3 heteroatoms. The summed E-state index contributed by atoms with van der Waals surface area (Å²) < 4.78 is 7.85. The van der Waals surface area contributed by atoms with Gasteiger partial charge in [0, 0.05) is 0 Å². The molecule has 3 heterocycles. The quantitative estimate of drug-likeness (QED) is 0.171. The van der Waals surface area contributed by atoms with Gasteiger partial charge in [-0.15, -0.1) is 0 Å². The van der Waals surface area contributed by atoms with Crippen molar-refractivity contribution in [2.45, 2.75) is 0 Å². The Labute approximate surface area is 265 Å². The molecule has 45 heavy (non-hydrogen) atoms. The summed E-state index contributed by atoms with van der Waals surface area (Å²) in [4.78, 5) is 0. The molecule has 0 fully saturated rings. The van der Waals surface area contributed by atoms with Gasteiger partial charge in [0.05, 0.1) is 0 Å². The minimum absolute atomic E-state index is 0.185. The SMILES string of the molecule is c1ccc(-n2c3ccccc3c3ccc(-c4cc5c6ccccc6n(-c6ccccc6)c5c5[se]c6ccccc6c45)cc32)cc1. The molecule has 0 bridgehead atoms. The fraction of sp³-hybridized carbons (Fsp3) is 0. The minimum atomic E-state index is 0.185. The molecule has 0 atom stereocenters. The van der Waals surface area contributed by atoms with Gasteiger partial charge in [-0.2, -0.15) is 0 Å². The zero-order chi connectivity index (χ0) is 29.5. The van der Waals surface area contributed by atoms with Gasteiger partial charge in [-0.1, -0.05) is 0 Å². The maximum atomic E-state index is 2.50. The topological polar surface area (TPSA) is 9.86 Å². The van der Waals surface area contributed by atoms with Crippen LogP contribution >= 0.6 is 0 Å². The van der Waals surface area contributed by atoms with Gasteiger partial charge in [0.25, 0.3) is 0 Å². The zero-order valence-corrected chi connectivity index (χ0v) is 26.0. The van der Waals surface area contributed by atoms with Crippen LogP contribution in [0.3, 0.4) is 0 Å². The van der Waals surface area contributed by atoms with E-state index in [0.717, 1.165) is 0 Å². The molecular weight excluding hydrogens is 611 g/mol. The Balaban J connectivity index is 1.37. The summed E-state index contributed by atoms with van der Waals surface area (Å²) in [5, 5.41) is 7.94. The number of para-hydroxylation sites is 4. The van der Waals surface area contributed by atoms with E-state index < -0.39 is 0 Å². The molecule has 0 N–H and O–H groups in total. The van der Waals surface area contributed by atoms with Crippen LogP contribution in [0, 0.1) is 0 Å². The fourth-order valence-electron chi connectivity index (χ4n) is 7.40. The molecule has 0 amide bonds. The Morgan fingerprint density at radius 2 is 0.956 bits per heavy atom. The van der Waals surface area contributed by atoms with Crippen LogP contribution in [0.5, 0.6) is 0 Å². The van der Waals surface area contributed by atoms with E-state index in [1.54, 1.807) is 0 Å². The van der Waals surface area contributed by atoms with Crippen molar-refractivity contribution in [2.24, 2.45) is 0 Å². The molecule has 0 saturated carbocycles. The first-order chi connectivity index (χ1) is 22.3. The summed E-state index contributed by atoms with van der Waals surface area (Å²) >= 11 is 0.185. The number of nitrogens with zero attached hydrogens (tertiary/aromatic N) is 2. The van der Waals surface area contributed by atoms with Crippen molar-refractivity contribution in [1.29, 1.82) is 0 Å². The van der Waals surface area contributed by atoms with E-state index in [1.165, 1.54) is 85.4 Å². The van der Waals surface area contributed by atoms with Crippen molar-refractivity contribution < 1.29 is 0 Å². The van der Waals surface area contributed by atoms with E-state index in [0.29, 0.717) is 0 Å². The van der Waals surface area contributed by atoms with Crippen LogP contribution in [0.2, 0.25) is 0 Å². The standard InChI is InChI=1S/C42H26N2Se/c1-3-13-28(14-4-1)43-36-20-10-7-17-30(36)32-24-23-27(25-38(32)43)34-26-35-31-18-8-11-21-37(31)44(29-15-5-2-6-16-29)41(35)42-40(34)33-19-9-12-22-39(33)45-42/h1-26H. The Kier molecular flexibility index (Phi) is 5.33. The third-order valence-corrected chi connectivity index (χ3v) is 11.8. The predicted octanol–water partition coefficient (Wildman–Crippen LogP) is 10.9. The van der Waals surface area contributed by atoms with E-state index >= 15 is 0 Å². The van der Waals surface area contributed by atoms with Crippen molar-refractivity contribution in [2.75, 3.05) is 0 Å². The van der Waals surface area contributed by atoms with Gasteiger partial charge in [0.2, 0.25) is 0 Å². The van der Waals surface area contributed by atoms with Gasteiger partial charge in [0.15, 0.2) is 0 Å². The van der Waals surface area contributed by atoms with Crippen molar-refractivity contribution in [3.63, 3.8) is 0 Å². The molecular formula is C42H26N2Se. The first-order valence-corrected chi connectivity index (χ1v) is 17.1. The third kappa shape index (κ3) is 3.57. The fourth-order valence-corrected chi connectivity index (χ4v) is 10.1. The molecule has 0 aliphatic heterocycles. The second-order valence-electron chi connectivity index (χ2n) is 11.7. The zero-order valence-electron chi connectivity index (χ0n) is 24.3. The van der Waals surface area contributed by atoms with Gasteiger partial charge in [-0.3, -0.25) is 0 Å². The second kappa shape index (κ2) is 9.58. The van der Waals surface area contributed by atoms with Crippen LogP contribution in [0.1, 0.15) is 0 Å². The molecule has 0 aliphatic carbocycles. The van der Waals surface area contributed by atoms with Gasteiger partial charge in [-0.25, -0.2) is 0 Å². The average Bonchev–Trinajstić information content (AvgIpc) is 3.76. The van der Waals surface area contributed by atoms with E-state index in [4.69, 9.17) is 0 Å². The van der Waals surface area contributed by atoms with Crippen LogP contribution in [0.15, 0.2) is 158 Å². The summed E-state index contributed by atoms with van der Waals surface area (Å²) in [7, 11) is 0. The Bertz CT molecular complexity index is 2740. The first kappa shape index (κ1) is 25.0. The average molecular weight is 638 g/mol. The molecule has 3 aromatic heterocycles. The number of hydrogen-bond donors (Lipinski definition) is 0. The molecule has 2 nitrogen and oxygen atoms in total. The van der Waals surface area contributed by atoms with Crippen LogP contribution < -0.4 is 0 Å². The van der Waals surface area contributed by atoms with Crippen LogP contribution in [-0.2, 0) is 0 Å². The molecule has 0 radical (unpaired) electrons. The van der Waals surface area contributed by atoms with Crippen molar-refractivity contribution >= 4 is 77.4 Å². The molecule has 7 aromatic carbocycles. The monoisotopic (exact) mass is 638 g/mol. The molecule has 10 aromatic rings. The van der Waals surface area contributed by atoms with E-state index in [1.807, 2.05) is 0 Å². The van der Waals surface area contributed by atoms with Crippen molar-refractivity contribution in [1.82, 2.24) is 9.13 Å². The molecule has 210 valence electrons. The molecule has 10 rings (SSSR count). The van der Waals surface area contributed by atoms with E-state index in [9.17, 15) is 0 Å². The second-order valence-corrected chi connectivity index (χ2v) is 13.9. The molecule has 0 unspecified atom stereocenters. The van der Waals surface area contributed by atoms with E-state index in [2.05, 4.69) is 167 Å². The summed E-state index contributed by atoms with van der Waals surface area (Å²) in [6, 6.07) is 57.9. The van der Waals surface area contributed by atoms with Gasteiger partial charge >= 0.3 is 267 Å². The Hall–Kier alpha value is -5.34. The maximum absolute atomic E-state index is 2.50. The molecule has 0 saturated heterocycles. The Morgan fingerprint density at radius 1 is 0.400 bits per heavy atom. The number of aromatic nitrogens is 2. The van der Waals surface area contributed by atoms with Crippen molar-refractivity contribution in [3.8, 4) is 22.5 Å².